The molecule has 0 aliphatic carbocycles. The largest absolute Gasteiger partial charge is 0.416 e. The molecule has 0 atom stereocenters. The Labute approximate surface area is 127 Å². The third-order valence-electron chi connectivity index (χ3n) is 2.62. The topological polar surface area (TPSA) is 62.8 Å². The SMILES string of the molecule is CS(=O)(=O)c1cn[nH]c1-c1c(Cl)cc(C(F)(F)F)cc1Cl. The molecule has 0 saturated carbocycles. The molecule has 21 heavy (non-hydrogen) atoms. The first-order chi connectivity index (χ1) is 9.51. The Balaban J connectivity index is 2.70. The van der Waals surface area contributed by atoms with Gasteiger partial charge in [0.05, 0.1) is 27.5 Å². The summed E-state index contributed by atoms with van der Waals surface area (Å²) in [5.41, 5.74) is -1.13. The summed E-state index contributed by atoms with van der Waals surface area (Å²) in [5.74, 6) is 0. The van der Waals surface area contributed by atoms with Gasteiger partial charge in [0.1, 0.15) is 4.90 Å². The number of nitrogens with one attached hydrogen (secondary N) is 1. The fourth-order valence-electron chi connectivity index (χ4n) is 1.71. The molecule has 0 saturated heterocycles. The van der Waals surface area contributed by atoms with Gasteiger partial charge in [0.2, 0.25) is 0 Å². The van der Waals surface area contributed by atoms with Gasteiger partial charge < -0.3 is 0 Å². The van der Waals surface area contributed by atoms with E-state index in [-0.39, 0.29) is 26.2 Å². The molecule has 4 nitrogen and oxygen atoms in total. The highest BCUT2D eigenvalue weighted by Gasteiger charge is 2.33. The molecule has 0 bridgehead atoms. The second-order valence-corrected chi connectivity index (χ2v) is 6.99. The van der Waals surface area contributed by atoms with Gasteiger partial charge in [-0.15, -0.1) is 0 Å². The summed E-state index contributed by atoms with van der Waals surface area (Å²) in [6.07, 6.45) is -2.64. The molecular formula is C11H7Cl2F3N2O2S. The van der Waals surface area contributed by atoms with E-state index in [4.69, 9.17) is 23.2 Å². The van der Waals surface area contributed by atoms with Crippen LogP contribution in [-0.2, 0) is 16.0 Å². The van der Waals surface area contributed by atoms with E-state index in [9.17, 15) is 21.6 Å². The Bertz CT molecular complexity index is 777. The fourth-order valence-corrected chi connectivity index (χ4v) is 3.15. The predicted octanol–water partition coefficient (Wildman–Crippen LogP) is 3.81. The molecule has 10 heteroatoms. The van der Waals surface area contributed by atoms with Crippen LogP contribution in [0.3, 0.4) is 0 Å². The molecule has 0 aliphatic rings. The van der Waals surface area contributed by atoms with Crippen molar-refractivity contribution in [2.75, 3.05) is 6.26 Å². The Hall–Kier alpha value is -1.25. The van der Waals surface area contributed by atoms with Gasteiger partial charge in [0.25, 0.3) is 0 Å². The van der Waals surface area contributed by atoms with Crippen molar-refractivity contribution in [3.63, 3.8) is 0 Å². The van der Waals surface area contributed by atoms with Crippen LogP contribution in [-0.4, -0.2) is 24.9 Å². The minimum Gasteiger partial charge on any atom is -0.276 e. The summed E-state index contributed by atoms with van der Waals surface area (Å²) in [6, 6.07) is 1.35. The molecule has 0 fully saturated rings. The predicted molar refractivity (Wildman–Crippen MR) is 72.2 cm³/mol. The molecule has 2 aromatic rings. The van der Waals surface area contributed by atoms with Gasteiger partial charge >= 0.3 is 6.18 Å². The van der Waals surface area contributed by atoms with E-state index in [1.54, 1.807) is 0 Å². The maximum absolute atomic E-state index is 12.7. The molecule has 1 heterocycles. The smallest absolute Gasteiger partial charge is 0.276 e. The highest BCUT2D eigenvalue weighted by molar-refractivity contribution is 7.90. The highest BCUT2D eigenvalue weighted by atomic mass is 35.5. The third kappa shape index (κ3) is 3.17. The first kappa shape index (κ1) is 16.1. The van der Waals surface area contributed by atoms with Crippen LogP contribution in [0, 0.1) is 0 Å². The van der Waals surface area contributed by atoms with Crippen molar-refractivity contribution in [2.24, 2.45) is 0 Å². The molecule has 1 aromatic carbocycles. The number of rotatable bonds is 2. The normalized spacial score (nSPS) is 12.7. The van der Waals surface area contributed by atoms with Gasteiger partial charge in [-0.2, -0.15) is 18.3 Å². The van der Waals surface area contributed by atoms with Crippen molar-refractivity contribution in [3.05, 3.63) is 33.9 Å². The standard InChI is InChI=1S/C11H7Cl2F3N2O2S/c1-21(19,20)8-4-17-18-10(8)9-6(12)2-5(3-7(9)13)11(14,15)16/h2-4H,1H3,(H,17,18). The second-order valence-electron chi connectivity index (χ2n) is 4.19. The zero-order chi connectivity index (χ0) is 16.0. The minimum absolute atomic E-state index is 0.0516. The number of aromatic amines is 1. The number of benzene rings is 1. The van der Waals surface area contributed by atoms with Gasteiger partial charge in [-0.25, -0.2) is 8.42 Å². The number of H-pyrrole nitrogens is 1. The van der Waals surface area contributed by atoms with E-state index >= 15 is 0 Å². The Morgan fingerprint density at radius 1 is 1.19 bits per heavy atom. The summed E-state index contributed by atoms with van der Waals surface area (Å²) in [7, 11) is -3.64. The van der Waals surface area contributed by atoms with Crippen molar-refractivity contribution in [1.82, 2.24) is 10.2 Å². The number of hydrogen-bond donors (Lipinski definition) is 1. The molecule has 1 aromatic heterocycles. The van der Waals surface area contributed by atoms with E-state index in [2.05, 4.69) is 10.2 Å². The zero-order valence-electron chi connectivity index (χ0n) is 10.3. The lowest BCUT2D eigenvalue weighted by molar-refractivity contribution is -0.137. The maximum Gasteiger partial charge on any atom is 0.416 e. The fraction of sp³-hybridized carbons (Fsp3) is 0.182. The van der Waals surface area contributed by atoms with E-state index in [1.807, 2.05) is 0 Å². The quantitative estimate of drug-likeness (QED) is 0.887. The van der Waals surface area contributed by atoms with Crippen LogP contribution in [0.5, 0.6) is 0 Å². The molecule has 0 spiro atoms. The number of halogens is 5. The average Bonchev–Trinajstić information content (AvgIpc) is 2.75. The first-order valence-corrected chi connectivity index (χ1v) is 7.96. The zero-order valence-corrected chi connectivity index (χ0v) is 12.6. The van der Waals surface area contributed by atoms with Crippen molar-refractivity contribution in [1.29, 1.82) is 0 Å². The molecule has 1 N–H and O–H groups in total. The summed E-state index contributed by atoms with van der Waals surface area (Å²) in [4.78, 5) is -0.203. The van der Waals surface area contributed by atoms with Crippen molar-refractivity contribution < 1.29 is 21.6 Å². The molecule has 2 rings (SSSR count). The van der Waals surface area contributed by atoms with Crippen LogP contribution in [0.25, 0.3) is 11.3 Å². The monoisotopic (exact) mass is 358 g/mol. The number of alkyl halides is 3. The molecule has 0 aliphatic heterocycles. The number of nitrogens with zero attached hydrogens (tertiary/aromatic N) is 1. The van der Waals surface area contributed by atoms with Crippen LogP contribution in [0.2, 0.25) is 10.0 Å². The highest BCUT2D eigenvalue weighted by Crippen LogP contribution is 2.41. The number of sulfone groups is 1. The first-order valence-electron chi connectivity index (χ1n) is 5.32. The second kappa shape index (κ2) is 5.19. The van der Waals surface area contributed by atoms with Crippen molar-refractivity contribution in [3.8, 4) is 11.3 Å². The van der Waals surface area contributed by atoms with Gasteiger partial charge in [-0.1, -0.05) is 23.2 Å². The van der Waals surface area contributed by atoms with Gasteiger partial charge in [0, 0.05) is 11.8 Å². The Kier molecular flexibility index (Phi) is 3.98. The molecule has 0 radical (unpaired) electrons. The van der Waals surface area contributed by atoms with Gasteiger partial charge in [-0.3, -0.25) is 5.10 Å². The van der Waals surface area contributed by atoms with E-state index in [1.165, 1.54) is 0 Å². The Morgan fingerprint density at radius 2 is 1.71 bits per heavy atom. The van der Waals surface area contributed by atoms with E-state index in [0.717, 1.165) is 12.5 Å². The molecular weight excluding hydrogens is 352 g/mol. The number of aromatic nitrogens is 2. The maximum atomic E-state index is 12.7. The minimum atomic E-state index is -4.61. The molecule has 0 amide bonds. The van der Waals surface area contributed by atoms with Crippen molar-refractivity contribution in [2.45, 2.75) is 11.1 Å². The van der Waals surface area contributed by atoms with Crippen LogP contribution < -0.4 is 0 Å². The van der Waals surface area contributed by atoms with Crippen LogP contribution in [0.15, 0.2) is 23.2 Å². The summed E-state index contributed by atoms with van der Waals surface area (Å²) in [5, 5.41) is 5.30. The average molecular weight is 359 g/mol. The van der Waals surface area contributed by atoms with E-state index < -0.39 is 21.6 Å². The van der Waals surface area contributed by atoms with Crippen LogP contribution in [0.4, 0.5) is 13.2 Å². The third-order valence-corrected chi connectivity index (χ3v) is 4.33. The Morgan fingerprint density at radius 3 is 2.14 bits per heavy atom. The summed E-state index contributed by atoms with van der Waals surface area (Å²) < 4.78 is 61.2. The molecule has 0 unspecified atom stereocenters. The van der Waals surface area contributed by atoms with Crippen LogP contribution >= 0.6 is 23.2 Å². The van der Waals surface area contributed by atoms with Crippen molar-refractivity contribution >= 4 is 33.0 Å². The summed E-state index contributed by atoms with van der Waals surface area (Å²) >= 11 is 11.7. The number of hydrogen-bond acceptors (Lipinski definition) is 3. The van der Waals surface area contributed by atoms with Gasteiger partial charge in [0.15, 0.2) is 9.84 Å². The lowest BCUT2D eigenvalue weighted by atomic mass is 10.1. The van der Waals surface area contributed by atoms with E-state index in [0.29, 0.717) is 12.1 Å². The lowest BCUT2D eigenvalue weighted by Crippen LogP contribution is -2.05. The van der Waals surface area contributed by atoms with Crippen LogP contribution in [0.1, 0.15) is 5.56 Å². The summed E-state index contributed by atoms with van der Waals surface area (Å²) in [6.45, 7) is 0. The van der Waals surface area contributed by atoms with Gasteiger partial charge in [-0.05, 0) is 12.1 Å². The lowest BCUT2D eigenvalue weighted by Gasteiger charge is -2.12. The molecule has 114 valence electrons.